The molecule has 0 aromatic heterocycles. The first-order valence-electron chi connectivity index (χ1n) is 6.91. The Morgan fingerprint density at radius 1 is 1.27 bits per heavy atom. The van der Waals surface area contributed by atoms with Crippen molar-refractivity contribution in [2.24, 2.45) is 0 Å². The van der Waals surface area contributed by atoms with E-state index in [1.807, 2.05) is 30.3 Å². The highest BCUT2D eigenvalue weighted by atomic mass is 35.5. The van der Waals surface area contributed by atoms with Crippen LogP contribution in [0.25, 0.3) is 0 Å². The van der Waals surface area contributed by atoms with E-state index in [1.54, 1.807) is 18.2 Å². The number of ether oxygens (including phenoxy) is 1. The van der Waals surface area contributed by atoms with Gasteiger partial charge in [0.05, 0.1) is 17.6 Å². The summed E-state index contributed by atoms with van der Waals surface area (Å²) in [7, 11) is 0. The van der Waals surface area contributed by atoms with Crippen molar-refractivity contribution in [3.8, 4) is 0 Å². The predicted octanol–water partition coefficient (Wildman–Crippen LogP) is 2.68. The lowest BCUT2D eigenvalue weighted by Crippen LogP contribution is -2.15. The number of aliphatic hydroxyl groups is 2. The second kappa shape index (κ2) is 7.82. The van der Waals surface area contributed by atoms with Crippen LogP contribution in [0.1, 0.15) is 5.56 Å². The molecule has 1 aliphatic carbocycles. The van der Waals surface area contributed by atoms with Crippen LogP contribution in [-0.2, 0) is 16.0 Å². The smallest absolute Gasteiger partial charge is 0.338 e. The summed E-state index contributed by atoms with van der Waals surface area (Å²) in [5, 5.41) is 18.4. The fourth-order valence-electron chi connectivity index (χ4n) is 2.12. The van der Waals surface area contributed by atoms with Crippen LogP contribution in [0.3, 0.4) is 0 Å². The second-order valence-electron chi connectivity index (χ2n) is 4.76. The molecular formula is C17H17ClO4. The summed E-state index contributed by atoms with van der Waals surface area (Å²) in [6.45, 7) is -0.331. The molecule has 0 saturated carbocycles. The molecule has 2 N–H and O–H groups in total. The molecule has 1 aliphatic rings. The molecule has 4 nitrogen and oxygen atoms in total. The second-order valence-corrected chi connectivity index (χ2v) is 5.28. The molecule has 1 aromatic rings. The van der Waals surface area contributed by atoms with E-state index in [4.69, 9.17) is 21.4 Å². The van der Waals surface area contributed by atoms with Gasteiger partial charge in [-0.25, -0.2) is 4.79 Å². The quantitative estimate of drug-likeness (QED) is 0.480. The molecule has 1 atom stereocenters. The van der Waals surface area contributed by atoms with Crippen LogP contribution < -0.4 is 0 Å². The number of carbonyl (C=O) groups excluding carboxylic acids is 1. The first-order chi connectivity index (χ1) is 10.6. The van der Waals surface area contributed by atoms with Gasteiger partial charge in [-0.3, -0.25) is 0 Å². The van der Waals surface area contributed by atoms with Crippen LogP contribution in [0.5, 0.6) is 0 Å². The number of alkyl halides is 1. The third-order valence-corrected chi connectivity index (χ3v) is 3.55. The highest BCUT2D eigenvalue weighted by Gasteiger charge is 2.24. The van der Waals surface area contributed by atoms with Crippen molar-refractivity contribution in [2.45, 2.75) is 11.8 Å². The van der Waals surface area contributed by atoms with Gasteiger partial charge in [0.25, 0.3) is 0 Å². The SMILES string of the molecule is O=C(OCCO)C1=CC=C/C1=C(/O)C(Cl)Cc1ccccc1. The Morgan fingerprint density at radius 2 is 2.00 bits per heavy atom. The Kier molecular flexibility index (Phi) is 5.81. The van der Waals surface area contributed by atoms with Crippen molar-refractivity contribution in [3.05, 3.63) is 71.0 Å². The molecule has 22 heavy (non-hydrogen) atoms. The Bertz CT molecular complexity index is 617. The van der Waals surface area contributed by atoms with Gasteiger partial charge in [-0.05, 0) is 18.1 Å². The summed E-state index contributed by atoms with van der Waals surface area (Å²) in [4.78, 5) is 11.9. The third kappa shape index (κ3) is 4.00. The fourth-order valence-corrected chi connectivity index (χ4v) is 2.42. The number of hydrogen-bond donors (Lipinski definition) is 2. The summed E-state index contributed by atoms with van der Waals surface area (Å²) in [5.41, 5.74) is 1.59. The maximum Gasteiger partial charge on any atom is 0.338 e. The van der Waals surface area contributed by atoms with E-state index in [1.165, 1.54) is 0 Å². The third-order valence-electron chi connectivity index (χ3n) is 3.19. The standard InChI is InChI=1S/C17H17ClO4/c18-15(11-12-5-2-1-3-6-12)16(20)13-7-4-8-14(13)17(21)22-10-9-19/h1-8,15,19-20H,9-11H2/b16-13-. The van der Waals surface area contributed by atoms with Crippen LogP contribution in [0.4, 0.5) is 0 Å². The monoisotopic (exact) mass is 320 g/mol. The minimum absolute atomic E-state index is 0.0635. The molecule has 0 saturated heterocycles. The molecule has 2 rings (SSSR count). The number of halogens is 1. The van der Waals surface area contributed by atoms with Crippen LogP contribution in [0.15, 0.2) is 65.5 Å². The lowest BCUT2D eigenvalue weighted by atomic mass is 10.0. The van der Waals surface area contributed by atoms with Crippen molar-refractivity contribution in [1.29, 1.82) is 0 Å². The highest BCUT2D eigenvalue weighted by molar-refractivity contribution is 6.22. The van der Waals surface area contributed by atoms with Gasteiger partial charge in [-0.15, -0.1) is 11.6 Å². The zero-order valence-corrected chi connectivity index (χ0v) is 12.7. The molecule has 5 heteroatoms. The molecule has 0 amide bonds. The van der Waals surface area contributed by atoms with Crippen molar-refractivity contribution in [1.82, 2.24) is 0 Å². The normalized spacial score (nSPS) is 17.1. The van der Waals surface area contributed by atoms with Crippen molar-refractivity contribution in [3.63, 3.8) is 0 Å². The lowest BCUT2D eigenvalue weighted by molar-refractivity contribution is -0.139. The van der Waals surface area contributed by atoms with Crippen LogP contribution in [0, 0.1) is 0 Å². The topological polar surface area (TPSA) is 66.8 Å². The molecule has 1 aromatic carbocycles. The van der Waals surface area contributed by atoms with E-state index in [0.717, 1.165) is 5.56 Å². The van der Waals surface area contributed by atoms with Crippen LogP contribution in [0.2, 0.25) is 0 Å². The minimum atomic E-state index is -0.644. The van der Waals surface area contributed by atoms with Crippen LogP contribution >= 0.6 is 11.6 Å². The van der Waals surface area contributed by atoms with E-state index in [2.05, 4.69) is 0 Å². The summed E-state index contributed by atoms with van der Waals surface area (Å²) in [6.07, 6.45) is 5.26. The van der Waals surface area contributed by atoms with Crippen molar-refractivity contribution in [2.75, 3.05) is 13.2 Å². The van der Waals surface area contributed by atoms with Gasteiger partial charge >= 0.3 is 5.97 Å². The van der Waals surface area contributed by atoms with E-state index in [-0.39, 0.29) is 24.5 Å². The first kappa shape index (κ1) is 16.3. The summed E-state index contributed by atoms with van der Waals surface area (Å²) >= 11 is 6.26. The van der Waals surface area contributed by atoms with Gasteiger partial charge in [-0.2, -0.15) is 0 Å². The number of carbonyl (C=O) groups is 1. The predicted molar refractivity (Wildman–Crippen MR) is 84.7 cm³/mol. The lowest BCUT2D eigenvalue weighted by Gasteiger charge is -2.13. The van der Waals surface area contributed by atoms with Crippen molar-refractivity contribution >= 4 is 17.6 Å². The number of hydrogen-bond acceptors (Lipinski definition) is 4. The molecule has 0 spiro atoms. The molecular weight excluding hydrogens is 304 g/mol. The molecule has 0 fully saturated rings. The summed E-state index contributed by atoms with van der Waals surface area (Å²) < 4.78 is 4.87. The maximum atomic E-state index is 11.9. The van der Waals surface area contributed by atoms with E-state index in [0.29, 0.717) is 12.0 Å². The van der Waals surface area contributed by atoms with Crippen LogP contribution in [-0.4, -0.2) is 34.8 Å². The van der Waals surface area contributed by atoms with Crippen molar-refractivity contribution < 1.29 is 19.7 Å². The zero-order chi connectivity index (χ0) is 15.9. The molecule has 116 valence electrons. The van der Waals surface area contributed by atoms with E-state index < -0.39 is 11.3 Å². The Balaban J connectivity index is 2.12. The molecule has 0 heterocycles. The molecule has 0 bridgehead atoms. The van der Waals surface area contributed by atoms with E-state index in [9.17, 15) is 9.90 Å². The maximum absolute atomic E-state index is 11.9. The van der Waals surface area contributed by atoms with Gasteiger partial charge in [-0.1, -0.05) is 42.5 Å². The zero-order valence-electron chi connectivity index (χ0n) is 11.9. The Hall–Kier alpha value is -2.04. The molecule has 0 radical (unpaired) electrons. The van der Waals surface area contributed by atoms with E-state index >= 15 is 0 Å². The number of allylic oxidation sites excluding steroid dienone is 4. The summed E-state index contributed by atoms with van der Waals surface area (Å²) in [5.74, 6) is -0.657. The largest absolute Gasteiger partial charge is 0.510 e. The number of rotatable bonds is 6. The van der Waals surface area contributed by atoms with Gasteiger partial charge in [0.1, 0.15) is 12.4 Å². The Labute approximate surface area is 134 Å². The Morgan fingerprint density at radius 3 is 2.68 bits per heavy atom. The summed E-state index contributed by atoms with van der Waals surface area (Å²) in [6, 6.07) is 9.54. The minimum Gasteiger partial charge on any atom is -0.510 e. The average Bonchev–Trinajstić information content (AvgIpc) is 3.02. The first-order valence-corrected chi connectivity index (χ1v) is 7.35. The van der Waals surface area contributed by atoms with Gasteiger partial charge in [0.15, 0.2) is 0 Å². The van der Waals surface area contributed by atoms with Gasteiger partial charge < -0.3 is 14.9 Å². The van der Waals surface area contributed by atoms with Gasteiger partial charge in [0, 0.05) is 5.57 Å². The molecule has 1 unspecified atom stereocenters. The fraction of sp³-hybridized carbons (Fsp3) is 0.235. The number of esters is 1. The highest BCUT2D eigenvalue weighted by Crippen LogP contribution is 2.27. The number of benzene rings is 1. The van der Waals surface area contributed by atoms with Gasteiger partial charge in [0.2, 0.25) is 0 Å². The molecule has 0 aliphatic heterocycles. The number of aliphatic hydroxyl groups excluding tert-OH is 2. The average molecular weight is 321 g/mol.